The van der Waals surface area contributed by atoms with Gasteiger partial charge in [-0.25, -0.2) is 4.98 Å². The van der Waals surface area contributed by atoms with Crippen LogP contribution in [0.1, 0.15) is 39.0 Å². The number of imidazole rings is 1. The van der Waals surface area contributed by atoms with Gasteiger partial charge >= 0.3 is 0 Å². The molecule has 4 nitrogen and oxygen atoms in total. The van der Waals surface area contributed by atoms with Gasteiger partial charge in [0.2, 0.25) is 0 Å². The van der Waals surface area contributed by atoms with Crippen LogP contribution in [-0.2, 0) is 11.3 Å². The van der Waals surface area contributed by atoms with E-state index in [0.29, 0.717) is 6.10 Å². The Labute approximate surface area is 110 Å². The van der Waals surface area contributed by atoms with E-state index in [1.807, 2.05) is 18.7 Å². The van der Waals surface area contributed by atoms with Crippen molar-refractivity contribution in [3.63, 3.8) is 0 Å². The van der Waals surface area contributed by atoms with Crippen molar-refractivity contribution in [3.05, 3.63) is 18.7 Å². The SMILES string of the molecule is CCCNC1CCC(OCCn2ccnc2)CC1. The van der Waals surface area contributed by atoms with E-state index in [1.54, 1.807) is 0 Å². The second-order valence-corrected chi connectivity index (χ2v) is 5.10. The Hall–Kier alpha value is -0.870. The predicted molar refractivity (Wildman–Crippen MR) is 72.5 cm³/mol. The molecule has 2 rings (SSSR count). The van der Waals surface area contributed by atoms with Gasteiger partial charge in [0, 0.05) is 25.0 Å². The molecule has 4 heteroatoms. The highest BCUT2D eigenvalue weighted by Gasteiger charge is 2.20. The number of aromatic nitrogens is 2. The van der Waals surface area contributed by atoms with Gasteiger partial charge in [0.15, 0.2) is 0 Å². The van der Waals surface area contributed by atoms with Gasteiger partial charge in [0.25, 0.3) is 0 Å². The molecule has 0 bridgehead atoms. The summed E-state index contributed by atoms with van der Waals surface area (Å²) in [4.78, 5) is 4.03. The molecule has 0 aromatic carbocycles. The third-order valence-electron chi connectivity index (χ3n) is 3.62. The fraction of sp³-hybridized carbons (Fsp3) is 0.786. The molecule has 1 aliphatic rings. The molecule has 1 N–H and O–H groups in total. The summed E-state index contributed by atoms with van der Waals surface area (Å²) in [6.07, 6.45) is 12.2. The van der Waals surface area contributed by atoms with E-state index in [2.05, 4.69) is 21.8 Å². The van der Waals surface area contributed by atoms with E-state index >= 15 is 0 Å². The second kappa shape index (κ2) is 7.54. The van der Waals surface area contributed by atoms with Crippen molar-refractivity contribution < 1.29 is 4.74 Å². The first-order valence-electron chi connectivity index (χ1n) is 7.19. The van der Waals surface area contributed by atoms with Crippen LogP contribution in [0.3, 0.4) is 0 Å². The zero-order valence-electron chi connectivity index (χ0n) is 11.3. The quantitative estimate of drug-likeness (QED) is 0.807. The molecule has 1 saturated carbocycles. The standard InChI is InChI=1S/C14H25N3O/c1-2-7-16-13-3-5-14(6-4-13)18-11-10-17-9-8-15-12-17/h8-9,12-14,16H,2-7,10-11H2,1H3. The molecular weight excluding hydrogens is 226 g/mol. The van der Waals surface area contributed by atoms with Gasteiger partial charge in [0.1, 0.15) is 0 Å². The number of hydrogen-bond acceptors (Lipinski definition) is 3. The maximum Gasteiger partial charge on any atom is 0.0946 e. The predicted octanol–water partition coefficient (Wildman–Crippen LogP) is 2.21. The monoisotopic (exact) mass is 251 g/mol. The smallest absolute Gasteiger partial charge is 0.0946 e. The summed E-state index contributed by atoms with van der Waals surface area (Å²) in [5.74, 6) is 0. The Morgan fingerprint density at radius 3 is 2.83 bits per heavy atom. The van der Waals surface area contributed by atoms with E-state index in [0.717, 1.165) is 25.7 Å². The molecule has 1 heterocycles. The van der Waals surface area contributed by atoms with Crippen molar-refractivity contribution >= 4 is 0 Å². The number of hydrogen-bond donors (Lipinski definition) is 1. The Morgan fingerprint density at radius 2 is 2.17 bits per heavy atom. The van der Waals surface area contributed by atoms with E-state index in [4.69, 9.17) is 4.74 Å². The summed E-state index contributed by atoms with van der Waals surface area (Å²) in [6.45, 7) is 5.08. The highest BCUT2D eigenvalue weighted by atomic mass is 16.5. The molecule has 1 aliphatic carbocycles. The lowest BCUT2D eigenvalue weighted by Crippen LogP contribution is -2.36. The molecule has 0 saturated heterocycles. The van der Waals surface area contributed by atoms with Gasteiger partial charge < -0.3 is 14.6 Å². The number of nitrogens with one attached hydrogen (secondary N) is 1. The van der Waals surface area contributed by atoms with Crippen LogP contribution in [0.15, 0.2) is 18.7 Å². The molecule has 102 valence electrons. The molecule has 18 heavy (non-hydrogen) atoms. The third kappa shape index (κ3) is 4.42. The summed E-state index contributed by atoms with van der Waals surface area (Å²) in [7, 11) is 0. The third-order valence-corrected chi connectivity index (χ3v) is 3.62. The van der Waals surface area contributed by atoms with Gasteiger partial charge in [-0.1, -0.05) is 6.92 Å². The van der Waals surface area contributed by atoms with Gasteiger partial charge in [-0.3, -0.25) is 0 Å². The van der Waals surface area contributed by atoms with Crippen molar-refractivity contribution in [2.75, 3.05) is 13.2 Å². The van der Waals surface area contributed by atoms with Crippen LogP contribution < -0.4 is 5.32 Å². The van der Waals surface area contributed by atoms with Gasteiger partial charge in [-0.05, 0) is 38.6 Å². The maximum atomic E-state index is 5.93. The Balaban J connectivity index is 1.56. The van der Waals surface area contributed by atoms with E-state index in [1.165, 1.54) is 32.1 Å². The van der Waals surface area contributed by atoms with Crippen LogP contribution in [0.2, 0.25) is 0 Å². The molecule has 0 spiro atoms. The maximum absolute atomic E-state index is 5.93. The van der Waals surface area contributed by atoms with E-state index in [9.17, 15) is 0 Å². The van der Waals surface area contributed by atoms with Crippen LogP contribution in [-0.4, -0.2) is 34.8 Å². The van der Waals surface area contributed by atoms with Crippen LogP contribution in [0.25, 0.3) is 0 Å². The zero-order chi connectivity index (χ0) is 12.6. The van der Waals surface area contributed by atoms with Gasteiger partial charge in [-0.15, -0.1) is 0 Å². The molecule has 0 amide bonds. The summed E-state index contributed by atoms with van der Waals surface area (Å²) in [5, 5.41) is 3.60. The van der Waals surface area contributed by atoms with Gasteiger partial charge in [0.05, 0.1) is 19.0 Å². The average molecular weight is 251 g/mol. The number of rotatable bonds is 7. The lowest BCUT2D eigenvalue weighted by molar-refractivity contribution is 0.0184. The van der Waals surface area contributed by atoms with Crippen LogP contribution in [0, 0.1) is 0 Å². The first kappa shape index (κ1) is 13.6. The fourth-order valence-electron chi connectivity index (χ4n) is 2.53. The Bertz CT molecular complexity index is 305. The van der Waals surface area contributed by atoms with Crippen molar-refractivity contribution in [2.24, 2.45) is 0 Å². The Kier molecular flexibility index (Phi) is 5.68. The average Bonchev–Trinajstić information content (AvgIpc) is 2.91. The highest BCUT2D eigenvalue weighted by molar-refractivity contribution is 4.78. The molecule has 1 fully saturated rings. The van der Waals surface area contributed by atoms with E-state index < -0.39 is 0 Å². The van der Waals surface area contributed by atoms with E-state index in [-0.39, 0.29) is 0 Å². The summed E-state index contributed by atoms with van der Waals surface area (Å²) < 4.78 is 8.00. The fourth-order valence-corrected chi connectivity index (χ4v) is 2.53. The van der Waals surface area contributed by atoms with Crippen molar-refractivity contribution in [3.8, 4) is 0 Å². The summed E-state index contributed by atoms with van der Waals surface area (Å²) in [5.41, 5.74) is 0. The van der Waals surface area contributed by atoms with Crippen LogP contribution in [0.4, 0.5) is 0 Å². The lowest BCUT2D eigenvalue weighted by atomic mass is 9.93. The van der Waals surface area contributed by atoms with Crippen molar-refractivity contribution in [1.29, 1.82) is 0 Å². The molecule has 0 radical (unpaired) electrons. The Morgan fingerprint density at radius 1 is 1.33 bits per heavy atom. The first-order chi connectivity index (χ1) is 8.88. The normalized spacial score (nSPS) is 24.3. The molecule has 0 atom stereocenters. The zero-order valence-corrected chi connectivity index (χ0v) is 11.3. The molecule has 0 unspecified atom stereocenters. The first-order valence-corrected chi connectivity index (χ1v) is 7.19. The minimum absolute atomic E-state index is 0.466. The molecule has 0 aliphatic heterocycles. The number of ether oxygens (including phenoxy) is 1. The minimum Gasteiger partial charge on any atom is -0.376 e. The van der Waals surface area contributed by atoms with Gasteiger partial charge in [-0.2, -0.15) is 0 Å². The highest BCUT2D eigenvalue weighted by Crippen LogP contribution is 2.21. The van der Waals surface area contributed by atoms with Crippen LogP contribution >= 0.6 is 0 Å². The summed E-state index contributed by atoms with van der Waals surface area (Å²) in [6, 6.07) is 0.721. The minimum atomic E-state index is 0.466. The molecule has 1 aromatic heterocycles. The number of nitrogens with zero attached hydrogens (tertiary/aromatic N) is 2. The van der Waals surface area contributed by atoms with Crippen molar-refractivity contribution in [1.82, 2.24) is 14.9 Å². The molecule has 1 aromatic rings. The summed E-state index contributed by atoms with van der Waals surface area (Å²) >= 11 is 0. The largest absolute Gasteiger partial charge is 0.376 e. The second-order valence-electron chi connectivity index (χ2n) is 5.10. The lowest BCUT2D eigenvalue weighted by Gasteiger charge is -2.29. The van der Waals surface area contributed by atoms with Crippen molar-refractivity contribution in [2.45, 2.75) is 57.7 Å². The van der Waals surface area contributed by atoms with Crippen LogP contribution in [0.5, 0.6) is 0 Å². The molecular formula is C14H25N3O. The topological polar surface area (TPSA) is 39.1 Å².